The molecule has 2 aliphatic rings. The number of piperazine rings is 1. The van der Waals surface area contributed by atoms with Crippen LogP contribution in [0.2, 0.25) is 0 Å². The molecule has 2 aromatic carbocycles. The molecule has 0 bridgehead atoms. The number of hydrogen-bond donors (Lipinski definition) is 2. The van der Waals surface area contributed by atoms with Crippen LogP contribution < -0.4 is 0 Å². The average Bonchev–Trinajstić information content (AvgIpc) is 3.13. The quantitative estimate of drug-likeness (QED) is 0.703. The molecule has 3 atom stereocenters. The normalized spacial score (nSPS) is 23.7. The fraction of sp³-hybridized carbons (Fsp3) is 0.478. The molecule has 0 radical (unpaired) electrons. The lowest BCUT2D eigenvalue weighted by Gasteiger charge is -2.39. The molecule has 1 heterocycles. The second-order valence-corrected chi connectivity index (χ2v) is 8.37. The van der Waals surface area contributed by atoms with Gasteiger partial charge in [0.15, 0.2) is 0 Å². The van der Waals surface area contributed by atoms with E-state index in [2.05, 4.69) is 9.80 Å². The van der Waals surface area contributed by atoms with Crippen LogP contribution in [0.4, 0.5) is 17.6 Å². The van der Waals surface area contributed by atoms with Crippen molar-refractivity contribution in [2.24, 2.45) is 0 Å². The molecular weight excluding hydrogens is 412 g/mol. The van der Waals surface area contributed by atoms with Crippen molar-refractivity contribution in [2.75, 3.05) is 39.3 Å². The maximum atomic E-state index is 13.4. The number of β-amino-alcohol motifs (C(OH)–C–C–N with tert-alkyl or cyclic N) is 1. The largest absolute Gasteiger partial charge is 0.416 e. The average molecular weight is 438 g/mol. The maximum Gasteiger partial charge on any atom is 0.416 e. The third kappa shape index (κ3) is 4.77. The van der Waals surface area contributed by atoms with E-state index in [1.54, 1.807) is 18.2 Å². The number of rotatable bonds is 5. The third-order valence-electron chi connectivity index (χ3n) is 6.41. The Morgan fingerprint density at radius 3 is 2.26 bits per heavy atom. The Hall–Kier alpha value is -2.00. The van der Waals surface area contributed by atoms with E-state index in [0.29, 0.717) is 44.7 Å². The molecule has 1 aliphatic carbocycles. The zero-order valence-corrected chi connectivity index (χ0v) is 17.0. The third-order valence-corrected chi connectivity index (χ3v) is 6.41. The Morgan fingerprint density at radius 1 is 0.968 bits per heavy atom. The number of aliphatic hydroxyl groups excluding tert-OH is 2. The molecular formula is C23H26F4N2O2. The van der Waals surface area contributed by atoms with Gasteiger partial charge in [-0.05, 0) is 47.4 Å². The Kier molecular flexibility index (Phi) is 6.35. The number of benzene rings is 2. The molecule has 2 N–H and O–H groups in total. The van der Waals surface area contributed by atoms with Crippen LogP contribution >= 0.6 is 0 Å². The van der Waals surface area contributed by atoms with Crippen LogP contribution in [0.1, 0.15) is 40.6 Å². The van der Waals surface area contributed by atoms with Crippen LogP contribution in [0.5, 0.6) is 0 Å². The number of aliphatic hydroxyl groups is 2. The highest BCUT2D eigenvalue weighted by Gasteiger charge is 2.39. The van der Waals surface area contributed by atoms with E-state index in [1.807, 2.05) is 0 Å². The zero-order valence-electron chi connectivity index (χ0n) is 17.0. The molecule has 168 valence electrons. The molecule has 1 unspecified atom stereocenters. The molecule has 0 saturated carbocycles. The van der Waals surface area contributed by atoms with Gasteiger partial charge in [-0.25, -0.2) is 4.39 Å². The van der Waals surface area contributed by atoms with Gasteiger partial charge in [0.2, 0.25) is 0 Å². The monoisotopic (exact) mass is 438 g/mol. The van der Waals surface area contributed by atoms with E-state index in [4.69, 9.17) is 5.11 Å². The highest BCUT2D eigenvalue weighted by molar-refractivity contribution is 5.47. The summed E-state index contributed by atoms with van der Waals surface area (Å²) in [5.41, 5.74) is 1.80. The second-order valence-electron chi connectivity index (χ2n) is 8.37. The Labute approximate surface area is 178 Å². The molecule has 2 aromatic rings. The summed E-state index contributed by atoms with van der Waals surface area (Å²) in [4.78, 5) is 4.25. The second kappa shape index (κ2) is 8.86. The molecule has 8 heteroatoms. The Morgan fingerprint density at radius 2 is 1.65 bits per heavy atom. The van der Waals surface area contributed by atoms with E-state index in [1.165, 1.54) is 18.2 Å². The fourth-order valence-electron chi connectivity index (χ4n) is 4.80. The van der Waals surface area contributed by atoms with E-state index in [9.17, 15) is 22.7 Å². The van der Waals surface area contributed by atoms with Crippen molar-refractivity contribution in [2.45, 2.75) is 30.7 Å². The maximum absolute atomic E-state index is 13.4. The van der Waals surface area contributed by atoms with Gasteiger partial charge in [0.1, 0.15) is 5.82 Å². The first kappa shape index (κ1) is 22.2. The van der Waals surface area contributed by atoms with Crippen molar-refractivity contribution in [3.05, 3.63) is 70.5 Å². The van der Waals surface area contributed by atoms with Crippen LogP contribution in [0, 0.1) is 5.82 Å². The minimum absolute atomic E-state index is 0.0860. The molecule has 0 spiro atoms. The van der Waals surface area contributed by atoms with E-state index < -0.39 is 17.8 Å². The number of halogens is 4. The molecule has 4 nitrogen and oxygen atoms in total. The molecule has 1 aliphatic heterocycles. The van der Waals surface area contributed by atoms with Crippen molar-refractivity contribution < 1.29 is 27.8 Å². The predicted octanol–water partition coefficient (Wildman–Crippen LogP) is 3.39. The highest BCUT2D eigenvalue weighted by Crippen LogP contribution is 2.48. The molecule has 4 rings (SSSR count). The van der Waals surface area contributed by atoms with Gasteiger partial charge in [-0.2, -0.15) is 13.2 Å². The summed E-state index contributed by atoms with van der Waals surface area (Å²) in [6.07, 6.45) is -4.57. The van der Waals surface area contributed by atoms with Crippen LogP contribution in [-0.4, -0.2) is 65.4 Å². The van der Waals surface area contributed by atoms with Crippen LogP contribution in [0.25, 0.3) is 0 Å². The van der Waals surface area contributed by atoms with E-state index in [0.717, 1.165) is 17.2 Å². The fourth-order valence-corrected chi connectivity index (χ4v) is 4.80. The molecule has 31 heavy (non-hydrogen) atoms. The van der Waals surface area contributed by atoms with Gasteiger partial charge in [-0.3, -0.25) is 9.80 Å². The number of hydrogen-bond acceptors (Lipinski definition) is 4. The van der Waals surface area contributed by atoms with Gasteiger partial charge in [0.05, 0.1) is 18.3 Å². The van der Waals surface area contributed by atoms with Crippen LogP contribution in [-0.2, 0) is 6.18 Å². The zero-order chi connectivity index (χ0) is 22.2. The number of nitrogens with zero attached hydrogens (tertiary/aromatic N) is 2. The van der Waals surface area contributed by atoms with Crippen molar-refractivity contribution >= 4 is 0 Å². The lowest BCUT2D eigenvalue weighted by Crippen LogP contribution is -2.49. The van der Waals surface area contributed by atoms with Gasteiger partial charge in [-0.1, -0.05) is 18.2 Å². The minimum atomic E-state index is -4.41. The van der Waals surface area contributed by atoms with Crippen molar-refractivity contribution in [3.63, 3.8) is 0 Å². The van der Waals surface area contributed by atoms with E-state index >= 15 is 0 Å². The predicted molar refractivity (Wildman–Crippen MR) is 108 cm³/mol. The Bertz CT molecular complexity index is 895. The topological polar surface area (TPSA) is 46.9 Å². The smallest absolute Gasteiger partial charge is 0.394 e. The van der Waals surface area contributed by atoms with Crippen LogP contribution in [0.3, 0.4) is 0 Å². The lowest BCUT2D eigenvalue weighted by atomic mass is 9.92. The van der Waals surface area contributed by atoms with Gasteiger partial charge in [-0.15, -0.1) is 0 Å². The van der Waals surface area contributed by atoms with Crippen molar-refractivity contribution in [1.82, 2.24) is 9.80 Å². The van der Waals surface area contributed by atoms with Gasteiger partial charge < -0.3 is 10.2 Å². The molecule has 1 saturated heterocycles. The number of fused-ring (bicyclic) bond motifs is 1. The molecule has 0 amide bonds. The standard InChI is InChI=1S/C23H26F4N2O2/c24-17-4-1-15(2-5-17)20-12-22(21-11-16(23(25,26)27)3-6-19(20)21)29-9-7-28(8-10-29)13-18(31)14-30/h1-6,11,18,20,22,30-31H,7-10,12-14H2/t18?,20-,22+/m1/s1. The summed E-state index contributed by atoms with van der Waals surface area (Å²) in [5, 5.41) is 18.7. The van der Waals surface area contributed by atoms with Crippen molar-refractivity contribution in [1.29, 1.82) is 0 Å². The van der Waals surface area contributed by atoms with Gasteiger partial charge in [0, 0.05) is 44.7 Å². The summed E-state index contributed by atoms with van der Waals surface area (Å²) < 4.78 is 53.6. The molecule has 1 fully saturated rings. The Balaban J connectivity index is 1.60. The van der Waals surface area contributed by atoms with Gasteiger partial charge in [0.25, 0.3) is 0 Å². The highest BCUT2D eigenvalue weighted by atomic mass is 19.4. The molecule has 0 aromatic heterocycles. The minimum Gasteiger partial charge on any atom is -0.394 e. The summed E-state index contributed by atoms with van der Waals surface area (Å²) >= 11 is 0. The van der Waals surface area contributed by atoms with E-state index in [-0.39, 0.29) is 24.4 Å². The SMILES string of the molecule is OCC(O)CN1CCN([C@H]2C[C@H](c3ccc(F)cc3)c3ccc(C(F)(F)F)cc32)CC1. The van der Waals surface area contributed by atoms with Crippen LogP contribution in [0.15, 0.2) is 42.5 Å². The first-order valence-electron chi connectivity index (χ1n) is 10.5. The first-order valence-corrected chi connectivity index (χ1v) is 10.5. The summed E-state index contributed by atoms with van der Waals surface area (Å²) in [5.74, 6) is -0.427. The first-order chi connectivity index (χ1) is 14.8. The lowest BCUT2D eigenvalue weighted by molar-refractivity contribution is -0.137. The van der Waals surface area contributed by atoms with Gasteiger partial charge >= 0.3 is 6.18 Å². The summed E-state index contributed by atoms with van der Waals surface area (Å²) in [6.45, 7) is 2.74. The van der Waals surface area contributed by atoms with Crippen molar-refractivity contribution in [3.8, 4) is 0 Å². The summed E-state index contributed by atoms with van der Waals surface area (Å²) in [7, 11) is 0. The summed E-state index contributed by atoms with van der Waals surface area (Å²) in [6, 6.07) is 10.0. The number of alkyl halides is 3.